The Bertz CT molecular complexity index is 963. The van der Waals surface area contributed by atoms with Gasteiger partial charge in [-0.05, 0) is 48.7 Å². The number of benzene rings is 2. The van der Waals surface area contributed by atoms with E-state index in [0.29, 0.717) is 11.8 Å². The van der Waals surface area contributed by atoms with Crippen molar-refractivity contribution in [2.45, 2.75) is 18.9 Å². The van der Waals surface area contributed by atoms with Gasteiger partial charge in [0.05, 0.1) is 11.6 Å². The number of anilines is 1. The van der Waals surface area contributed by atoms with Gasteiger partial charge in [0.2, 0.25) is 6.79 Å². The molecule has 0 N–H and O–H groups in total. The highest BCUT2D eigenvalue weighted by Gasteiger charge is 2.29. The lowest BCUT2D eigenvalue weighted by molar-refractivity contribution is 0.174. The summed E-state index contributed by atoms with van der Waals surface area (Å²) >= 11 is 6.11. The predicted octanol–water partition coefficient (Wildman–Crippen LogP) is 4.35. The lowest BCUT2D eigenvalue weighted by atomic mass is 10.0. The zero-order chi connectivity index (χ0) is 16.8. The van der Waals surface area contributed by atoms with Crippen molar-refractivity contribution in [1.29, 1.82) is 0 Å². The Morgan fingerprint density at radius 2 is 1.96 bits per heavy atom. The van der Waals surface area contributed by atoms with Crippen molar-refractivity contribution in [1.82, 2.24) is 9.97 Å². The van der Waals surface area contributed by atoms with E-state index in [1.165, 1.54) is 5.56 Å². The minimum atomic E-state index is 0.267. The molecular weight excluding hydrogens is 338 g/mol. The maximum atomic E-state index is 6.11. The van der Waals surface area contributed by atoms with Crippen molar-refractivity contribution in [3.05, 3.63) is 53.3 Å². The molecule has 1 aromatic heterocycles. The first kappa shape index (κ1) is 14.8. The standard InChI is InChI=1S/C19H16ClN3O2/c20-13-4-5-14-15(9-13)21-10-22-19(14)23-7-1-2-16(23)12-3-6-17-18(8-12)25-11-24-17/h3-6,8-10,16H,1-2,7,11H2. The van der Waals surface area contributed by atoms with E-state index in [2.05, 4.69) is 27.0 Å². The van der Waals surface area contributed by atoms with Gasteiger partial charge in [-0.3, -0.25) is 0 Å². The minimum absolute atomic E-state index is 0.267. The van der Waals surface area contributed by atoms with Crippen molar-refractivity contribution in [3.8, 4) is 11.5 Å². The van der Waals surface area contributed by atoms with E-state index in [0.717, 1.165) is 47.6 Å². The molecule has 0 radical (unpaired) electrons. The highest BCUT2D eigenvalue weighted by Crippen LogP contribution is 2.41. The highest BCUT2D eigenvalue weighted by atomic mass is 35.5. The maximum absolute atomic E-state index is 6.11. The van der Waals surface area contributed by atoms with E-state index in [4.69, 9.17) is 21.1 Å². The number of rotatable bonds is 2. The van der Waals surface area contributed by atoms with E-state index >= 15 is 0 Å². The lowest BCUT2D eigenvalue weighted by Gasteiger charge is -2.27. The van der Waals surface area contributed by atoms with Crippen molar-refractivity contribution in [3.63, 3.8) is 0 Å². The van der Waals surface area contributed by atoms with Gasteiger partial charge in [-0.15, -0.1) is 0 Å². The van der Waals surface area contributed by atoms with Crippen LogP contribution in [0.15, 0.2) is 42.7 Å². The first-order valence-corrected chi connectivity index (χ1v) is 8.74. The average molecular weight is 354 g/mol. The first-order chi connectivity index (χ1) is 12.3. The summed E-state index contributed by atoms with van der Waals surface area (Å²) in [6.45, 7) is 1.26. The van der Waals surface area contributed by atoms with E-state index in [9.17, 15) is 0 Å². The van der Waals surface area contributed by atoms with Crippen LogP contribution in [0.4, 0.5) is 5.82 Å². The predicted molar refractivity (Wildman–Crippen MR) is 96.4 cm³/mol. The summed E-state index contributed by atoms with van der Waals surface area (Å²) in [5, 5.41) is 1.71. The molecule has 1 saturated heterocycles. The number of hydrogen-bond acceptors (Lipinski definition) is 5. The Kier molecular flexibility index (Phi) is 3.41. The number of nitrogens with zero attached hydrogens (tertiary/aromatic N) is 3. The van der Waals surface area contributed by atoms with Gasteiger partial charge in [-0.1, -0.05) is 17.7 Å². The monoisotopic (exact) mass is 353 g/mol. The fourth-order valence-corrected chi connectivity index (χ4v) is 3.90. The molecule has 0 spiro atoms. The first-order valence-electron chi connectivity index (χ1n) is 8.36. The number of ether oxygens (including phenoxy) is 2. The van der Waals surface area contributed by atoms with Crippen LogP contribution in [0.5, 0.6) is 11.5 Å². The van der Waals surface area contributed by atoms with Crippen molar-refractivity contribution in [2.24, 2.45) is 0 Å². The van der Waals surface area contributed by atoms with Crippen LogP contribution in [0.25, 0.3) is 10.9 Å². The molecule has 0 aliphatic carbocycles. The van der Waals surface area contributed by atoms with Crippen LogP contribution in [0, 0.1) is 0 Å². The van der Waals surface area contributed by atoms with Crippen LogP contribution in [-0.2, 0) is 0 Å². The lowest BCUT2D eigenvalue weighted by Crippen LogP contribution is -2.23. The summed E-state index contributed by atoms with van der Waals surface area (Å²) < 4.78 is 11.0. The molecule has 1 atom stereocenters. The van der Waals surface area contributed by atoms with Gasteiger partial charge >= 0.3 is 0 Å². The van der Waals surface area contributed by atoms with Crippen molar-refractivity contribution in [2.75, 3.05) is 18.2 Å². The summed E-state index contributed by atoms with van der Waals surface area (Å²) in [6.07, 6.45) is 3.82. The molecule has 2 aliphatic rings. The van der Waals surface area contributed by atoms with Crippen molar-refractivity contribution >= 4 is 28.3 Å². The molecule has 25 heavy (non-hydrogen) atoms. The molecule has 2 aliphatic heterocycles. The number of aromatic nitrogens is 2. The highest BCUT2D eigenvalue weighted by molar-refractivity contribution is 6.31. The quantitative estimate of drug-likeness (QED) is 0.685. The Hall–Kier alpha value is -2.53. The fourth-order valence-electron chi connectivity index (χ4n) is 3.73. The maximum Gasteiger partial charge on any atom is 0.231 e. The minimum Gasteiger partial charge on any atom is -0.454 e. The van der Waals surface area contributed by atoms with Gasteiger partial charge in [-0.25, -0.2) is 9.97 Å². The van der Waals surface area contributed by atoms with E-state index < -0.39 is 0 Å². The third kappa shape index (κ3) is 2.46. The third-order valence-corrected chi connectivity index (χ3v) is 5.12. The average Bonchev–Trinajstić information content (AvgIpc) is 3.29. The van der Waals surface area contributed by atoms with Crippen LogP contribution in [-0.4, -0.2) is 23.3 Å². The third-order valence-electron chi connectivity index (χ3n) is 4.88. The van der Waals surface area contributed by atoms with E-state index in [1.807, 2.05) is 24.3 Å². The van der Waals surface area contributed by atoms with Gasteiger partial charge in [0, 0.05) is 17.0 Å². The molecular formula is C19H16ClN3O2. The largest absolute Gasteiger partial charge is 0.454 e. The number of fused-ring (bicyclic) bond motifs is 2. The molecule has 3 aromatic rings. The molecule has 126 valence electrons. The van der Waals surface area contributed by atoms with Gasteiger partial charge < -0.3 is 14.4 Å². The summed E-state index contributed by atoms with van der Waals surface area (Å²) in [4.78, 5) is 11.3. The Morgan fingerprint density at radius 1 is 1.04 bits per heavy atom. The molecule has 1 fully saturated rings. The van der Waals surface area contributed by atoms with Gasteiger partial charge in [0.15, 0.2) is 11.5 Å². The summed E-state index contributed by atoms with van der Waals surface area (Å²) in [7, 11) is 0. The van der Waals surface area contributed by atoms with E-state index in [-0.39, 0.29) is 6.04 Å². The van der Waals surface area contributed by atoms with Crippen LogP contribution in [0.3, 0.4) is 0 Å². The van der Waals surface area contributed by atoms with Gasteiger partial charge in [0.25, 0.3) is 0 Å². The Morgan fingerprint density at radius 3 is 2.92 bits per heavy atom. The van der Waals surface area contributed by atoms with Crippen LogP contribution in [0.2, 0.25) is 5.02 Å². The van der Waals surface area contributed by atoms with Crippen LogP contribution >= 0.6 is 11.6 Å². The van der Waals surface area contributed by atoms with Gasteiger partial charge in [0.1, 0.15) is 12.1 Å². The summed E-state index contributed by atoms with van der Waals surface area (Å²) in [5.41, 5.74) is 2.09. The molecule has 0 saturated carbocycles. The smallest absolute Gasteiger partial charge is 0.231 e. The van der Waals surface area contributed by atoms with Crippen LogP contribution in [0.1, 0.15) is 24.4 Å². The molecule has 5 rings (SSSR count). The Labute approximate surface area is 150 Å². The number of hydrogen-bond donors (Lipinski definition) is 0. The molecule has 2 aromatic carbocycles. The van der Waals surface area contributed by atoms with Crippen LogP contribution < -0.4 is 14.4 Å². The second-order valence-electron chi connectivity index (χ2n) is 6.32. The molecule has 0 amide bonds. The van der Waals surface area contributed by atoms with Crippen molar-refractivity contribution < 1.29 is 9.47 Å². The topological polar surface area (TPSA) is 47.5 Å². The zero-order valence-corrected chi connectivity index (χ0v) is 14.2. The molecule has 6 heteroatoms. The SMILES string of the molecule is Clc1ccc2c(N3CCCC3c3ccc4c(c3)OCO4)ncnc2c1. The summed E-state index contributed by atoms with van der Waals surface area (Å²) in [5.74, 6) is 2.60. The van der Waals surface area contributed by atoms with E-state index in [1.54, 1.807) is 6.33 Å². The molecule has 1 unspecified atom stereocenters. The van der Waals surface area contributed by atoms with Gasteiger partial charge in [-0.2, -0.15) is 0 Å². The molecule has 5 nitrogen and oxygen atoms in total. The Balaban J connectivity index is 1.57. The number of halogens is 1. The second-order valence-corrected chi connectivity index (χ2v) is 6.76. The molecule has 0 bridgehead atoms. The second kappa shape index (κ2) is 5.77. The fraction of sp³-hybridized carbons (Fsp3) is 0.263. The normalized spacial score (nSPS) is 18.9. The zero-order valence-electron chi connectivity index (χ0n) is 13.5. The summed E-state index contributed by atoms with van der Waals surface area (Å²) in [6, 6.07) is 12.2. The molecule has 3 heterocycles.